The predicted octanol–water partition coefficient (Wildman–Crippen LogP) is 20.3. The molecule has 0 spiro atoms. The van der Waals surface area contributed by atoms with Crippen LogP contribution in [-0.4, -0.2) is 37.9 Å². The molecule has 0 aromatic rings. The zero-order valence-electron chi connectivity index (χ0n) is 46.0. The highest BCUT2D eigenvalue weighted by atomic mass is 16.6. The van der Waals surface area contributed by atoms with Crippen LogP contribution in [0.2, 0.25) is 0 Å². The van der Waals surface area contributed by atoms with Crippen molar-refractivity contribution in [1.82, 2.24) is 0 Å². The van der Waals surface area contributed by atoms with Crippen LogP contribution in [0.4, 0.5) is 0 Å². The Bertz CT molecular complexity index is 1380. The molecule has 1 unspecified atom stereocenters. The third-order valence-electron chi connectivity index (χ3n) is 12.3. The molecule has 70 heavy (non-hydrogen) atoms. The van der Waals surface area contributed by atoms with E-state index >= 15 is 0 Å². The molecule has 0 aliphatic heterocycles. The van der Waals surface area contributed by atoms with Crippen molar-refractivity contribution in [3.63, 3.8) is 0 Å². The Morgan fingerprint density at radius 1 is 0.329 bits per heavy atom. The van der Waals surface area contributed by atoms with E-state index in [-0.39, 0.29) is 25.2 Å². The van der Waals surface area contributed by atoms with Crippen molar-refractivity contribution in [3.8, 4) is 0 Å². The summed E-state index contributed by atoms with van der Waals surface area (Å²) in [4.78, 5) is 25.6. The van der Waals surface area contributed by atoms with Gasteiger partial charge in [0.2, 0.25) is 0 Å². The van der Waals surface area contributed by atoms with Gasteiger partial charge in [-0.1, -0.05) is 265 Å². The summed E-state index contributed by atoms with van der Waals surface area (Å²) in [7, 11) is 0. The van der Waals surface area contributed by atoms with Crippen molar-refractivity contribution in [3.05, 3.63) is 109 Å². The highest BCUT2D eigenvalue weighted by molar-refractivity contribution is 5.70. The van der Waals surface area contributed by atoms with E-state index in [1.165, 1.54) is 122 Å². The minimum absolute atomic E-state index is 0.0534. The van der Waals surface area contributed by atoms with E-state index in [9.17, 15) is 9.59 Å². The van der Waals surface area contributed by atoms with Crippen molar-refractivity contribution in [2.24, 2.45) is 0 Å². The zero-order chi connectivity index (χ0) is 50.6. The minimum atomic E-state index is -0.576. The second-order valence-corrected chi connectivity index (χ2v) is 19.1. The first-order chi connectivity index (χ1) is 34.6. The summed E-state index contributed by atoms with van der Waals surface area (Å²) < 4.78 is 17.4. The molecule has 5 nitrogen and oxygen atoms in total. The third-order valence-corrected chi connectivity index (χ3v) is 12.3. The third kappa shape index (κ3) is 57.1. The summed E-state index contributed by atoms with van der Waals surface area (Å²) in [6, 6.07) is 0. The SMILES string of the molecule is CC/C=C\C/C=C\C/C=C\C/C=C\C/C=C\C/C=C\CCCOCC(COC(=O)CCCCCCCCC/C=C\C/C=C\C/C=C\CC)OC(=O)CCCCCCCCCCCCCCCCCCC. The summed E-state index contributed by atoms with van der Waals surface area (Å²) in [6.07, 6.45) is 82.7. The van der Waals surface area contributed by atoms with Crippen molar-refractivity contribution < 1.29 is 23.8 Å². The van der Waals surface area contributed by atoms with Crippen molar-refractivity contribution >= 4 is 11.9 Å². The van der Waals surface area contributed by atoms with Gasteiger partial charge in [0.05, 0.1) is 6.61 Å². The van der Waals surface area contributed by atoms with Gasteiger partial charge in [0.1, 0.15) is 6.61 Å². The average Bonchev–Trinajstić information content (AvgIpc) is 3.36. The molecule has 1 atom stereocenters. The first-order valence-electron chi connectivity index (χ1n) is 29.4. The van der Waals surface area contributed by atoms with Crippen LogP contribution in [0.3, 0.4) is 0 Å². The van der Waals surface area contributed by atoms with Crippen molar-refractivity contribution in [2.75, 3.05) is 19.8 Å². The number of unbranched alkanes of at least 4 members (excludes halogenated alkanes) is 24. The highest BCUT2D eigenvalue weighted by Crippen LogP contribution is 2.16. The van der Waals surface area contributed by atoms with Gasteiger partial charge in [0.15, 0.2) is 6.10 Å². The minimum Gasteiger partial charge on any atom is -0.462 e. The van der Waals surface area contributed by atoms with E-state index in [1.54, 1.807) is 0 Å². The van der Waals surface area contributed by atoms with Gasteiger partial charge in [0.25, 0.3) is 0 Å². The summed E-state index contributed by atoms with van der Waals surface area (Å²) in [5.41, 5.74) is 0. The van der Waals surface area contributed by atoms with E-state index in [0.717, 1.165) is 109 Å². The molecule has 0 radical (unpaired) electrons. The second kappa shape index (κ2) is 59.9. The lowest BCUT2D eigenvalue weighted by Gasteiger charge is -2.18. The summed E-state index contributed by atoms with van der Waals surface area (Å²) in [6.45, 7) is 7.47. The molecular formula is C65H110O5. The summed E-state index contributed by atoms with van der Waals surface area (Å²) in [5, 5.41) is 0. The Balaban J connectivity index is 4.40. The molecule has 0 rings (SSSR count). The number of esters is 2. The maximum Gasteiger partial charge on any atom is 0.306 e. The Kier molecular flexibility index (Phi) is 56.9. The topological polar surface area (TPSA) is 61.8 Å². The molecule has 0 saturated heterocycles. The van der Waals surface area contributed by atoms with Gasteiger partial charge in [-0.05, 0) is 96.3 Å². The lowest BCUT2D eigenvalue weighted by molar-refractivity contribution is -0.163. The first kappa shape index (κ1) is 66.6. The standard InChI is InChI=1S/C65H110O5/c1-4-7-10-13-16-19-22-25-28-31-32-33-36-39-42-45-48-51-54-57-60-68-61-63(70-65(67)59-56-53-50-47-44-41-38-35-30-27-24-21-18-15-12-9-6-3)62-69-64(66)58-55-52-49-46-43-40-37-34-29-26-23-20-17-14-11-8-5-2/h7-8,10-11,16-17,19-20,25-26,28-29,32-33,39,42,48,51,63H,4-6,9,12-15,18,21-24,27,30-31,34-38,40-41,43-47,49-50,52-62H2,1-3H3/b10-7-,11-8-,19-16-,20-17-,28-25-,29-26-,33-32-,42-39-,51-48-. The quantitative estimate of drug-likeness (QED) is 0.0345. The maximum atomic E-state index is 12.9. The molecule has 0 fully saturated rings. The fourth-order valence-electron chi connectivity index (χ4n) is 8.01. The van der Waals surface area contributed by atoms with Crippen LogP contribution in [0.5, 0.6) is 0 Å². The van der Waals surface area contributed by atoms with Gasteiger partial charge in [-0.2, -0.15) is 0 Å². The lowest BCUT2D eigenvalue weighted by atomic mass is 10.0. The number of hydrogen-bond donors (Lipinski definition) is 0. The molecule has 400 valence electrons. The van der Waals surface area contributed by atoms with Crippen LogP contribution in [0.15, 0.2) is 109 Å². The molecule has 0 bridgehead atoms. The number of ether oxygens (including phenoxy) is 3. The molecular weight excluding hydrogens is 861 g/mol. The van der Waals surface area contributed by atoms with Crippen LogP contribution in [0.1, 0.15) is 265 Å². The molecule has 0 aromatic carbocycles. The van der Waals surface area contributed by atoms with Gasteiger partial charge >= 0.3 is 11.9 Å². The van der Waals surface area contributed by atoms with Crippen LogP contribution in [0.25, 0.3) is 0 Å². The van der Waals surface area contributed by atoms with Gasteiger partial charge < -0.3 is 14.2 Å². The molecule has 0 aliphatic rings. The van der Waals surface area contributed by atoms with Gasteiger partial charge in [-0.25, -0.2) is 0 Å². The predicted molar refractivity (Wildman–Crippen MR) is 306 cm³/mol. The van der Waals surface area contributed by atoms with E-state index < -0.39 is 6.10 Å². The number of carbonyl (C=O) groups excluding carboxylic acids is 2. The van der Waals surface area contributed by atoms with Gasteiger partial charge in [0, 0.05) is 19.4 Å². The van der Waals surface area contributed by atoms with Crippen molar-refractivity contribution in [1.29, 1.82) is 0 Å². The Labute approximate surface area is 434 Å². The summed E-state index contributed by atoms with van der Waals surface area (Å²) >= 11 is 0. The number of allylic oxidation sites excluding steroid dienone is 18. The van der Waals surface area contributed by atoms with Crippen molar-refractivity contribution in [2.45, 2.75) is 271 Å². The Morgan fingerprint density at radius 3 is 1.03 bits per heavy atom. The van der Waals surface area contributed by atoms with E-state index in [1.807, 2.05) is 0 Å². The monoisotopic (exact) mass is 971 g/mol. The number of rotatable bonds is 53. The van der Waals surface area contributed by atoms with Gasteiger partial charge in [-0.3, -0.25) is 9.59 Å². The Hall–Kier alpha value is -3.44. The highest BCUT2D eigenvalue weighted by Gasteiger charge is 2.17. The molecule has 5 heteroatoms. The molecule has 0 N–H and O–H groups in total. The van der Waals surface area contributed by atoms with Gasteiger partial charge in [-0.15, -0.1) is 0 Å². The van der Waals surface area contributed by atoms with E-state index in [4.69, 9.17) is 14.2 Å². The normalized spacial score (nSPS) is 13.0. The smallest absolute Gasteiger partial charge is 0.306 e. The number of carbonyl (C=O) groups is 2. The average molecular weight is 972 g/mol. The molecule has 0 aliphatic carbocycles. The summed E-state index contributed by atoms with van der Waals surface area (Å²) in [5.74, 6) is -0.436. The zero-order valence-corrected chi connectivity index (χ0v) is 46.0. The number of hydrogen-bond acceptors (Lipinski definition) is 5. The van der Waals surface area contributed by atoms with Crippen LogP contribution < -0.4 is 0 Å². The van der Waals surface area contributed by atoms with E-state index in [2.05, 4.69) is 130 Å². The molecule has 0 heterocycles. The van der Waals surface area contributed by atoms with Crippen LogP contribution in [0, 0.1) is 0 Å². The second-order valence-electron chi connectivity index (χ2n) is 19.1. The maximum absolute atomic E-state index is 12.9. The molecule has 0 aromatic heterocycles. The Morgan fingerprint density at radius 2 is 0.643 bits per heavy atom. The first-order valence-corrected chi connectivity index (χ1v) is 29.4. The van der Waals surface area contributed by atoms with Crippen LogP contribution >= 0.6 is 0 Å². The largest absolute Gasteiger partial charge is 0.462 e. The van der Waals surface area contributed by atoms with E-state index in [0.29, 0.717) is 19.4 Å². The van der Waals surface area contributed by atoms with Crippen LogP contribution in [-0.2, 0) is 23.8 Å². The fourth-order valence-corrected chi connectivity index (χ4v) is 8.01. The molecule has 0 saturated carbocycles. The fraction of sp³-hybridized carbons (Fsp3) is 0.692. The molecule has 0 amide bonds. The lowest BCUT2D eigenvalue weighted by Crippen LogP contribution is -2.30.